The fourth-order valence-corrected chi connectivity index (χ4v) is 2.74. The Labute approximate surface area is 126 Å². The van der Waals surface area contributed by atoms with Gasteiger partial charge in [0.2, 0.25) is 0 Å². The number of aromatic nitrogens is 1. The second-order valence-corrected chi connectivity index (χ2v) is 6.08. The number of rotatable bonds is 5. The molecule has 0 aliphatic rings. The number of halogens is 2. The van der Waals surface area contributed by atoms with Crippen LogP contribution in [0, 0.1) is 6.92 Å². The molecule has 0 bridgehead atoms. The summed E-state index contributed by atoms with van der Waals surface area (Å²) in [5.74, 6) is 0. The van der Waals surface area contributed by atoms with Gasteiger partial charge in [-0.15, -0.1) is 11.3 Å². The first-order valence-corrected chi connectivity index (χ1v) is 7.44. The van der Waals surface area contributed by atoms with E-state index in [4.69, 9.17) is 23.2 Å². The molecule has 1 unspecified atom stereocenters. The lowest BCUT2D eigenvalue weighted by Crippen LogP contribution is -2.21. The summed E-state index contributed by atoms with van der Waals surface area (Å²) in [4.78, 5) is 4.34. The average molecular weight is 317 g/mol. The zero-order valence-corrected chi connectivity index (χ0v) is 12.7. The maximum Gasteiger partial charge on any atom is 0.0929 e. The van der Waals surface area contributed by atoms with Crippen LogP contribution in [0.5, 0.6) is 0 Å². The van der Waals surface area contributed by atoms with Crippen molar-refractivity contribution in [2.45, 2.75) is 19.6 Å². The van der Waals surface area contributed by atoms with Gasteiger partial charge in [-0.1, -0.05) is 23.2 Å². The second-order valence-electron chi connectivity index (χ2n) is 4.17. The molecule has 102 valence electrons. The predicted octanol–water partition coefficient (Wildman–Crippen LogP) is 3.58. The lowest BCUT2D eigenvalue weighted by Gasteiger charge is -2.13. The largest absolute Gasteiger partial charge is 0.387 e. The molecule has 6 heteroatoms. The number of hydrogen-bond acceptors (Lipinski definition) is 4. The molecule has 1 aromatic heterocycles. The van der Waals surface area contributed by atoms with Gasteiger partial charge in [-0.25, -0.2) is 4.98 Å². The van der Waals surface area contributed by atoms with Crippen LogP contribution in [0.2, 0.25) is 10.0 Å². The minimum Gasteiger partial charge on any atom is -0.387 e. The van der Waals surface area contributed by atoms with Crippen molar-refractivity contribution in [2.24, 2.45) is 0 Å². The molecule has 3 nitrogen and oxygen atoms in total. The van der Waals surface area contributed by atoms with Crippen molar-refractivity contribution in [1.82, 2.24) is 10.3 Å². The van der Waals surface area contributed by atoms with E-state index in [1.54, 1.807) is 29.5 Å². The number of thiazole rings is 1. The topological polar surface area (TPSA) is 45.2 Å². The number of benzene rings is 1. The standard InChI is InChI=1S/C13H14Cl2N2OS/c1-8-17-10(7-19-8)5-16-6-13(18)11-4-9(14)2-3-12(11)15/h2-4,7,13,16,18H,5-6H2,1H3. The first-order chi connectivity index (χ1) is 9.06. The number of aryl methyl sites for hydroxylation is 1. The van der Waals surface area contributed by atoms with Gasteiger partial charge in [-0.05, 0) is 25.1 Å². The van der Waals surface area contributed by atoms with Crippen molar-refractivity contribution < 1.29 is 5.11 Å². The molecule has 0 aliphatic heterocycles. The van der Waals surface area contributed by atoms with Crippen molar-refractivity contribution in [2.75, 3.05) is 6.54 Å². The Morgan fingerprint density at radius 1 is 1.42 bits per heavy atom. The van der Waals surface area contributed by atoms with Gasteiger partial charge in [-0.3, -0.25) is 0 Å². The SMILES string of the molecule is Cc1nc(CNCC(O)c2cc(Cl)ccc2Cl)cs1. The molecule has 0 radical (unpaired) electrons. The van der Waals surface area contributed by atoms with E-state index in [1.165, 1.54) is 0 Å². The van der Waals surface area contributed by atoms with E-state index in [9.17, 15) is 5.11 Å². The lowest BCUT2D eigenvalue weighted by molar-refractivity contribution is 0.174. The zero-order valence-electron chi connectivity index (χ0n) is 10.4. The van der Waals surface area contributed by atoms with E-state index in [0.717, 1.165) is 10.7 Å². The molecule has 1 heterocycles. The third-order valence-corrected chi connectivity index (χ3v) is 4.03. The van der Waals surface area contributed by atoms with Crippen LogP contribution in [0.1, 0.15) is 22.4 Å². The van der Waals surface area contributed by atoms with Crippen molar-refractivity contribution in [3.63, 3.8) is 0 Å². The summed E-state index contributed by atoms with van der Waals surface area (Å²) in [6.45, 7) is 2.99. The van der Waals surface area contributed by atoms with Gasteiger partial charge in [0.15, 0.2) is 0 Å². The molecule has 1 aromatic carbocycles. The first-order valence-electron chi connectivity index (χ1n) is 5.81. The predicted molar refractivity (Wildman–Crippen MR) is 80.0 cm³/mol. The van der Waals surface area contributed by atoms with E-state index in [-0.39, 0.29) is 0 Å². The molecule has 0 fully saturated rings. The molecule has 0 saturated heterocycles. The smallest absolute Gasteiger partial charge is 0.0929 e. The van der Waals surface area contributed by atoms with Crippen LogP contribution in [-0.4, -0.2) is 16.6 Å². The lowest BCUT2D eigenvalue weighted by atomic mass is 10.1. The van der Waals surface area contributed by atoms with Crippen molar-refractivity contribution in [1.29, 1.82) is 0 Å². The van der Waals surface area contributed by atoms with Crippen LogP contribution < -0.4 is 5.32 Å². The number of nitrogens with one attached hydrogen (secondary N) is 1. The van der Waals surface area contributed by atoms with Crippen LogP contribution in [-0.2, 0) is 6.54 Å². The third kappa shape index (κ3) is 4.16. The van der Waals surface area contributed by atoms with Crippen LogP contribution in [0.25, 0.3) is 0 Å². The van der Waals surface area contributed by atoms with Crippen LogP contribution >= 0.6 is 34.5 Å². The number of hydrogen-bond donors (Lipinski definition) is 2. The Kier molecular flexibility index (Phi) is 5.19. The van der Waals surface area contributed by atoms with Gasteiger partial charge in [0.05, 0.1) is 16.8 Å². The monoisotopic (exact) mass is 316 g/mol. The highest BCUT2D eigenvalue weighted by atomic mass is 35.5. The summed E-state index contributed by atoms with van der Waals surface area (Å²) < 4.78 is 0. The van der Waals surface area contributed by atoms with Crippen LogP contribution in [0.3, 0.4) is 0 Å². The molecule has 0 amide bonds. The van der Waals surface area contributed by atoms with Crippen molar-refractivity contribution >= 4 is 34.5 Å². The molecule has 2 aromatic rings. The highest BCUT2D eigenvalue weighted by Crippen LogP contribution is 2.26. The molecule has 0 aliphatic carbocycles. The summed E-state index contributed by atoms with van der Waals surface area (Å²) in [6, 6.07) is 5.07. The molecule has 2 N–H and O–H groups in total. The highest BCUT2D eigenvalue weighted by Gasteiger charge is 2.12. The van der Waals surface area contributed by atoms with Crippen LogP contribution in [0.4, 0.5) is 0 Å². The summed E-state index contributed by atoms with van der Waals surface area (Å²) in [7, 11) is 0. The minimum atomic E-state index is -0.689. The molecule has 19 heavy (non-hydrogen) atoms. The number of nitrogens with zero attached hydrogens (tertiary/aromatic N) is 1. The molecular formula is C13H14Cl2N2OS. The first kappa shape index (κ1) is 14.8. The minimum absolute atomic E-state index is 0.399. The molecule has 0 saturated carbocycles. The zero-order chi connectivity index (χ0) is 13.8. The van der Waals surface area contributed by atoms with E-state index in [2.05, 4.69) is 10.3 Å². The fraction of sp³-hybridized carbons (Fsp3) is 0.308. The maximum absolute atomic E-state index is 10.1. The Balaban J connectivity index is 1.90. The van der Waals surface area contributed by atoms with Gasteiger partial charge >= 0.3 is 0 Å². The van der Waals surface area contributed by atoms with Crippen molar-refractivity contribution in [3.05, 3.63) is 49.9 Å². The van der Waals surface area contributed by atoms with E-state index in [1.807, 2.05) is 12.3 Å². The van der Waals surface area contributed by atoms with Crippen LogP contribution in [0.15, 0.2) is 23.6 Å². The Morgan fingerprint density at radius 3 is 2.89 bits per heavy atom. The molecule has 0 spiro atoms. The average Bonchev–Trinajstić information content (AvgIpc) is 2.78. The Hall–Kier alpha value is -0.650. The Bertz CT molecular complexity index is 559. The van der Waals surface area contributed by atoms with Gasteiger partial charge in [0, 0.05) is 34.1 Å². The quantitative estimate of drug-likeness (QED) is 0.886. The van der Waals surface area contributed by atoms with Gasteiger partial charge in [0.1, 0.15) is 0 Å². The Morgan fingerprint density at radius 2 is 2.21 bits per heavy atom. The summed E-state index contributed by atoms with van der Waals surface area (Å²) in [5.41, 5.74) is 1.61. The third-order valence-electron chi connectivity index (χ3n) is 2.63. The van der Waals surface area contributed by atoms with E-state index < -0.39 is 6.10 Å². The number of aliphatic hydroxyl groups is 1. The molecule has 1 atom stereocenters. The highest BCUT2D eigenvalue weighted by molar-refractivity contribution is 7.09. The van der Waals surface area contributed by atoms with Gasteiger partial charge in [-0.2, -0.15) is 0 Å². The molecule has 2 rings (SSSR count). The van der Waals surface area contributed by atoms with E-state index in [0.29, 0.717) is 28.7 Å². The summed E-state index contributed by atoms with van der Waals surface area (Å²) >= 11 is 13.5. The summed E-state index contributed by atoms with van der Waals surface area (Å²) in [5, 5.41) is 17.4. The van der Waals surface area contributed by atoms with Gasteiger partial charge in [0.25, 0.3) is 0 Å². The fourth-order valence-electron chi connectivity index (χ4n) is 1.71. The number of aliphatic hydroxyl groups excluding tert-OH is 1. The normalized spacial score (nSPS) is 12.6. The summed E-state index contributed by atoms with van der Waals surface area (Å²) in [6.07, 6.45) is -0.689. The van der Waals surface area contributed by atoms with E-state index >= 15 is 0 Å². The second kappa shape index (κ2) is 6.68. The van der Waals surface area contributed by atoms with Gasteiger partial charge < -0.3 is 10.4 Å². The molecular weight excluding hydrogens is 303 g/mol. The maximum atomic E-state index is 10.1. The van der Waals surface area contributed by atoms with Crippen molar-refractivity contribution in [3.8, 4) is 0 Å².